The summed E-state index contributed by atoms with van der Waals surface area (Å²) in [5.41, 5.74) is 1.83. The lowest BCUT2D eigenvalue weighted by Gasteiger charge is -2.12. The predicted molar refractivity (Wildman–Crippen MR) is 112 cm³/mol. The Morgan fingerprint density at radius 2 is 2.10 bits per heavy atom. The third-order valence-corrected chi connectivity index (χ3v) is 5.18. The Bertz CT molecular complexity index is 1170. The Morgan fingerprint density at radius 3 is 2.74 bits per heavy atom. The molecule has 10 nitrogen and oxygen atoms in total. The maximum absolute atomic E-state index is 12.4. The Kier molecular flexibility index (Phi) is 6.52. The van der Waals surface area contributed by atoms with Gasteiger partial charge in [0.2, 0.25) is 5.91 Å². The molecule has 0 aliphatic rings. The molecule has 0 atom stereocenters. The minimum absolute atomic E-state index is 0.0212. The first-order valence-electron chi connectivity index (χ1n) is 9.12. The fourth-order valence-corrected chi connectivity index (χ4v) is 3.56. The van der Waals surface area contributed by atoms with E-state index in [0.717, 1.165) is 22.6 Å². The first kappa shape index (κ1) is 21.8. The zero-order valence-corrected chi connectivity index (χ0v) is 17.8. The fourth-order valence-electron chi connectivity index (χ4n) is 2.84. The van der Waals surface area contributed by atoms with Crippen LogP contribution in [0.25, 0.3) is 0 Å². The van der Waals surface area contributed by atoms with E-state index in [0.29, 0.717) is 23.7 Å². The molecule has 11 heteroatoms. The summed E-state index contributed by atoms with van der Waals surface area (Å²) in [6, 6.07) is 5.64. The third-order valence-electron chi connectivity index (χ3n) is 4.42. The number of nitrogens with one attached hydrogen (secondary N) is 2. The number of carbonyl (C=O) groups is 3. The van der Waals surface area contributed by atoms with Crippen LogP contribution in [0.15, 0.2) is 28.2 Å². The van der Waals surface area contributed by atoms with Crippen molar-refractivity contribution in [2.24, 2.45) is 0 Å². The van der Waals surface area contributed by atoms with Crippen molar-refractivity contribution in [3.05, 3.63) is 52.1 Å². The van der Waals surface area contributed by atoms with Crippen LogP contribution in [0.1, 0.15) is 40.0 Å². The summed E-state index contributed by atoms with van der Waals surface area (Å²) < 4.78 is 12.1. The second kappa shape index (κ2) is 9.27. The topological polar surface area (TPSA) is 139 Å². The van der Waals surface area contributed by atoms with Crippen molar-refractivity contribution in [3.63, 3.8) is 0 Å². The van der Waals surface area contributed by atoms with Gasteiger partial charge < -0.3 is 24.4 Å². The molecule has 0 aliphatic carbocycles. The van der Waals surface area contributed by atoms with Crippen molar-refractivity contribution in [2.45, 2.75) is 27.3 Å². The molecule has 0 aromatic carbocycles. The van der Waals surface area contributed by atoms with Crippen molar-refractivity contribution < 1.29 is 23.5 Å². The molecule has 3 rings (SSSR count). The molecule has 3 aromatic heterocycles. The number of nitriles is 1. The molecular weight excluding hydrogens is 422 g/mol. The Labute approximate surface area is 181 Å². The van der Waals surface area contributed by atoms with Crippen molar-refractivity contribution in [3.8, 4) is 6.07 Å². The number of hydrogen-bond donors (Lipinski definition) is 2. The van der Waals surface area contributed by atoms with Crippen LogP contribution in [-0.2, 0) is 20.9 Å². The highest BCUT2D eigenvalue weighted by Crippen LogP contribution is 2.27. The summed E-state index contributed by atoms with van der Waals surface area (Å²) in [6.07, 6.45) is 1.54. The molecule has 160 valence electrons. The van der Waals surface area contributed by atoms with E-state index in [9.17, 15) is 19.6 Å². The molecule has 0 spiro atoms. The maximum atomic E-state index is 12.4. The average Bonchev–Trinajstić information content (AvgIpc) is 3.44. The van der Waals surface area contributed by atoms with E-state index in [4.69, 9.17) is 9.15 Å². The van der Waals surface area contributed by atoms with Crippen molar-refractivity contribution >= 4 is 40.1 Å². The van der Waals surface area contributed by atoms with Gasteiger partial charge in [-0.1, -0.05) is 0 Å². The van der Waals surface area contributed by atoms with Gasteiger partial charge in [0.1, 0.15) is 17.6 Å². The Morgan fingerprint density at radius 1 is 1.32 bits per heavy atom. The lowest BCUT2D eigenvalue weighted by atomic mass is 10.2. The summed E-state index contributed by atoms with van der Waals surface area (Å²) in [5, 5.41) is 16.3. The van der Waals surface area contributed by atoms with Crippen molar-refractivity contribution in [1.29, 1.82) is 5.26 Å². The number of ether oxygens (including phenoxy) is 1. The number of rotatable bonds is 7. The number of amides is 2. The summed E-state index contributed by atoms with van der Waals surface area (Å²) in [4.78, 5) is 39.5. The van der Waals surface area contributed by atoms with Gasteiger partial charge in [-0.2, -0.15) is 5.26 Å². The monoisotopic (exact) mass is 441 g/mol. The van der Waals surface area contributed by atoms with Crippen LogP contribution in [0, 0.1) is 25.2 Å². The maximum Gasteiger partial charge on any atom is 0.358 e. The number of carbonyl (C=O) groups excluding carboxylic acids is 3. The highest BCUT2D eigenvalue weighted by molar-refractivity contribution is 7.14. The molecule has 3 aromatic rings. The zero-order valence-electron chi connectivity index (χ0n) is 17.0. The van der Waals surface area contributed by atoms with Crippen molar-refractivity contribution in [2.75, 3.05) is 17.2 Å². The van der Waals surface area contributed by atoms with Gasteiger partial charge in [0, 0.05) is 18.0 Å². The van der Waals surface area contributed by atoms with Crippen LogP contribution in [0.2, 0.25) is 0 Å². The standard InChI is InChI=1S/C20H19N5O5S/c1-11-12(2)25(8-14-5-4-6-29-14)18(15(11)7-21)24-17(27)9-30-19(28)16-10-31-20(23-16)22-13(3)26/h4-6,10H,8-9H2,1-3H3,(H,24,27)(H,22,23,26). The second-order valence-corrected chi connectivity index (χ2v) is 7.41. The largest absolute Gasteiger partial charge is 0.467 e. The van der Waals surface area contributed by atoms with Gasteiger partial charge in [-0.25, -0.2) is 9.78 Å². The van der Waals surface area contributed by atoms with E-state index in [1.165, 1.54) is 12.3 Å². The van der Waals surface area contributed by atoms with Crippen LogP contribution in [-0.4, -0.2) is 33.9 Å². The van der Waals surface area contributed by atoms with Crippen molar-refractivity contribution in [1.82, 2.24) is 9.55 Å². The molecule has 3 heterocycles. The number of anilines is 2. The number of hydrogen-bond acceptors (Lipinski definition) is 8. The van der Waals surface area contributed by atoms with Crippen LogP contribution in [0.4, 0.5) is 10.9 Å². The van der Waals surface area contributed by atoms with E-state index in [-0.39, 0.29) is 16.7 Å². The van der Waals surface area contributed by atoms with Crippen LogP contribution >= 0.6 is 11.3 Å². The molecule has 0 saturated heterocycles. The predicted octanol–water partition coefficient (Wildman–Crippen LogP) is 2.83. The summed E-state index contributed by atoms with van der Waals surface area (Å²) in [5.74, 6) is -0.771. The van der Waals surface area contributed by atoms with Crippen LogP contribution in [0.5, 0.6) is 0 Å². The highest BCUT2D eigenvalue weighted by Gasteiger charge is 2.21. The van der Waals surface area contributed by atoms with Gasteiger partial charge in [-0.05, 0) is 31.5 Å². The molecule has 2 N–H and O–H groups in total. The Hall–Kier alpha value is -3.91. The van der Waals surface area contributed by atoms with E-state index < -0.39 is 18.5 Å². The van der Waals surface area contributed by atoms with Gasteiger partial charge >= 0.3 is 5.97 Å². The lowest BCUT2D eigenvalue weighted by Crippen LogP contribution is -2.23. The molecule has 0 fully saturated rings. The molecular formula is C20H19N5O5S. The lowest BCUT2D eigenvalue weighted by molar-refractivity contribution is -0.119. The first-order chi connectivity index (χ1) is 14.8. The number of esters is 1. The number of nitrogens with zero attached hydrogens (tertiary/aromatic N) is 3. The van der Waals surface area contributed by atoms with Gasteiger partial charge in [0.05, 0.1) is 18.4 Å². The molecule has 0 aliphatic heterocycles. The van der Waals surface area contributed by atoms with E-state index in [1.54, 1.807) is 29.9 Å². The number of furan rings is 1. The minimum atomic E-state index is -0.804. The van der Waals surface area contributed by atoms with Gasteiger partial charge in [-0.3, -0.25) is 9.59 Å². The zero-order chi connectivity index (χ0) is 22.5. The second-order valence-electron chi connectivity index (χ2n) is 6.55. The molecule has 2 amide bonds. The summed E-state index contributed by atoms with van der Waals surface area (Å²) >= 11 is 1.06. The SMILES string of the molecule is CC(=O)Nc1nc(C(=O)OCC(=O)Nc2c(C#N)c(C)c(C)n2Cc2ccco2)cs1. The van der Waals surface area contributed by atoms with Gasteiger partial charge in [-0.15, -0.1) is 11.3 Å². The van der Waals surface area contributed by atoms with Gasteiger partial charge in [0.25, 0.3) is 5.91 Å². The fraction of sp³-hybridized carbons (Fsp3) is 0.250. The van der Waals surface area contributed by atoms with Crippen LogP contribution in [0.3, 0.4) is 0 Å². The molecule has 0 radical (unpaired) electrons. The van der Waals surface area contributed by atoms with E-state index >= 15 is 0 Å². The quantitative estimate of drug-likeness (QED) is 0.537. The molecule has 31 heavy (non-hydrogen) atoms. The number of thiazole rings is 1. The third kappa shape index (κ3) is 4.99. The average molecular weight is 441 g/mol. The normalized spacial score (nSPS) is 10.4. The molecule has 0 unspecified atom stereocenters. The van der Waals surface area contributed by atoms with Crippen LogP contribution < -0.4 is 10.6 Å². The van der Waals surface area contributed by atoms with E-state index in [2.05, 4.69) is 21.7 Å². The van der Waals surface area contributed by atoms with Gasteiger partial charge in [0.15, 0.2) is 17.4 Å². The minimum Gasteiger partial charge on any atom is -0.467 e. The van der Waals surface area contributed by atoms with E-state index in [1.807, 2.05) is 6.92 Å². The summed E-state index contributed by atoms with van der Waals surface area (Å²) in [7, 11) is 0. The first-order valence-corrected chi connectivity index (χ1v) is 10.00. The number of aromatic nitrogens is 2. The Balaban J connectivity index is 1.69. The smallest absolute Gasteiger partial charge is 0.358 e. The highest BCUT2D eigenvalue weighted by atomic mass is 32.1. The molecule has 0 bridgehead atoms. The summed E-state index contributed by atoms with van der Waals surface area (Å²) in [6.45, 7) is 4.70. The molecule has 0 saturated carbocycles.